The lowest BCUT2D eigenvalue weighted by Crippen LogP contribution is -2.58. The standard InChI is InChI=1S/C21H24N2O7/c1-9-7-22-16(15-14(9)11-5-3-4-6-12(11)23-15)18(26)13(8-24)30-21-20(28)19(27)17(25)10(2)29-21/h3-7,10,13,17,19-21,23-25,27-28H,8H2,1-2H3/t10-,13+,17-,19+,20+,21-/m0/s1. The number of aryl methyl sites for hydroxylation is 1. The number of fused-ring (bicyclic) bond motifs is 3. The van der Waals surface area contributed by atoms with Crippen molar-refractivity contribution >= 4 is 27.6 Å². The summed E-state index contributed by atoms with van der Waals surface area (Å²) < 4.78 is 10.9. The molecule has 3 aromatic rings. The summed E-state index contributed by atoms with van der Waals surface area (Å²) in [5.74, 6) is -0.599. The molecule has 0 saturated carbocycles. The third-order valence-corrected chi connectivity index (χ3v) is 5.52. The number of aromatic nitrogens is 2. The molecule has 1 aromatic carbocycles. The Labute approximate surface area is 171 Å². The number of carbonyl (C=O) groups excluding carboxylic acids is 1. The molecule has 3 heterocycles. The average molecular weight is 416 g/mol. The number of nitrogens with one attached hydrogen (secondary N) is 1. The van der Waals surface area contributed by atoms with E-state index in [-0.39, 0.29) is 5.69 Å². The molecule has 0 aliphatic carbocycles. The van der Waals surface area contributed by atoms with Crippen molar-refractivity contribution in [3.8, 4) is 0 Å². The number of hydrogen-bond donors (Lipinski definition) is 5. The third kappa shape index (κ3) is 3.39. The summed E-state index contributed by atoms with van der Waals surface area (Å²) in [6.07, 6.45) is -6.43. The first kappa shape index (κ1) is 20.9. The van der Waals surface area contributed by atoms with Gasteiger partial charge in [0, 0.05) is 22.5 Å². The number of rotatable bonds is 5. The van der Waals surface area contributed by atoms with Crippen LogP contribution in [0.5, 0.6) is 0 Å². The molecular weight excluding hydrogens is 392 g/mol. The molecule has 2 aromatic heterocycles. The van der Waals surface area contributed by atoms with Crippen LogP contribution >= 0.6 is 0 Å². The van der Waals surface area contributed by atoms with Crippen LogP contribution in [-0.4, -0.2) is 79.6 Å². The van der Waals surface area contributed by atoms with Crippen molar-refractivity contribution in [3.63, 3.8) is 0 Å². The van der Waals surface area contributed by atoms with Gasteiger partial charge < -0.3 is 34.9 Å². The van der Waals surface area contributed by atoms with Crippen LogP contribution in [0.3, 0.4) is 0 Å². The van der Waals surface area contributed by atoms with Crippen molar-refractivity contribution in [1.29, 1.82) is 0 Å². The van der Waals surface area contributed by atoms with Crippen molar-refractivity contribution in [2.45, 2.75) is 50.7 Å². The normalized spacial score (nSPS) is 28.1. The monoisotopic (exact) mass is 416 g/mol. The Balaban J connectivity index is 1.68. The van der Waals surface area contributed by atoms with Crippen LogP contribution in [0.4, 0.5) is 0 Å². The minimum atomic E-state index is -1.59. The summed E-state index contributed by atoms with van der Waals surface area (Å²) in [5.41, 5.74) is 2.34. The summed E-state index contributed by atoms with van der Waals surface area (Å²) in [4.78, 5) is 20.6. The van der Waals surface area contributed by atoms with Gasteiger partial charge in [0.2, 0.25) is 5.78 Å². The van der Waals surface area contributed by atoms with Crippen molar-refractivity contribution < 1.29 is 34.7 Å². The van der Waals surface area contributed by atoms with Crippen molar-refractivity contribution in [2.75, 3.05) is 6.61 Å². The number of ketones is 1. The molecule has 0 bridgehead atoms. The number of para-hydroxylation sites is 1. The number of hydrogen-bond acceptors (Lipinski definition) is 8. The minimum absolute atomic E-state index is 0.0878. The molecule has 6 atom stereocenters. The highest BCUT2D eigenvalue weighted by atomic mass is 16.7. The Kier molecular flexibility index (Phi) is 5.58. The highest BCUT2D eigenvalue weighted by Crippen LogP contribution is 2.30. The van der Waals surface area contributed by atoms with Gasteiger partial charge in [-0.2, -0.15) is 0 Å². The largest absolute Gasteiger partial charge is 0.393 e. The van der Waals surface area contributed by atoms with E-state index in [2.05, 4.69) is 9.97 Å². The molecule has 1 aliphatic heterocycles. The van der Waals surface area contributed by atoms with Gasteiger partial charge in [0.05, 0.1) is 18.2 Å². The number of pyridine rings is 1. The van der Waals surface area contributed by atoms with Gasteiger partial charge in [-0.3, -0.25) is 9.78 Å². The zero-order valence-corrected chi connectivity index (χ0v) is 16.5. The maximum atomic E-state index is 13.2. The molecule has 9 nitrogen and oxygen atoms in total. The number of nitrogens with zero attached hydrogens (tertiary/aromatic N) is 1. The molecule has 160 valence electrons. The van der Waals surface area contributed by atoms with E-state index < -0.39 is 49.2 Å². The lowest BCUT2D eigenvalue weighted by atomic mass is 10.00. The van der Waals surface area contributed by atoms with E-state index in [1.54, 1.807) is 6.20 Å². The third-order valence-electron chi connectivity index (χ3n) is 5.52. The molecule has 4 rings (SSSR count). The first-order valence-electron chi connectivity index (χ1n) is 9.69. The summed E-state index contributed by atoms with van der Waals surface area (Å²) in [6.45, 7) is 2.71. The lowest BCUT2D eigenvalue weighted by molar-refractivity contribution is -0.301. The molecule has 1 aliphatic rings. The molecule has 9 heteroatoms. The number of aliphatic hydroxyl groups excluding tert-OH is 4. The fourth-order valence-corrected chi connectivity index (χ4v) is 3.83. The number of carbonyl (C=O) groups is 1. The van der Waals surface area contributed by atoms with Gasteiger partial charge in [-0.25, -0.2) is 0 Å². The molecule has 5 N–H and O–H groups in total. The number of Topliss-reactive ketones (excluding diaryl/α,β-unsaturated/α-hetero) is 1. The fourth-order valence-electron chi connectivity index (χ4n) is 3.83. The smallest absolute Gasteiger partial charge is 0.214 e. The Hall–Kier alpha value is -2.40. The summed E-state index contributed by atoms with van der Waals surface area (Å²) >= 11 is 0. The van der Waals surface area contributed by atoms with Gasteiger partial charge in [0.1, 0.15) is 30.1 Å². The van der Waals surface area contributed by atoms with Gasteiger partial charge in [-0.05, 0) is 25.5 Å². The van der Waals surface area contributed by atoms with Crippen molar-refractivity contribution in [2.24, 2.45) is 0 Å². The van der Waals surface area contributed by atoms with Crippen molar-refractivity contribution in [1.82, 2.24) is 9.97 Å². The molecule has 0 amide bonds. The first-order chi connectivity index (χ1) is 14.3. The van der Waals surface area contributed by atoms with E-state index in [9.17, 15) is 25.2 Å². The lowest BCUT2D eigenvalue weighted by Gasteiger charge is -2.39. The molecule has 0 spiro atoms. The number of aromatic amines is 1. The summed E-state index contributed by atoms with van der Waals surface area (Å²) in [5, 5.41) is 41.5. The molecule has 0 radical (unpaired) electrons. The van der Waals surface area contributed by atoms with Crippen molar-refractivity contribution in [3.05, 3.63) is 41.7 Å². The number of ether oxygens (including phenoxy) is 2. The van der Waals surface area contributed by atoms with Gasteiger partial charge in [-0.15, -0.1) is 0 Å². The quantitative estimate of drug-likeness (QED) is 0.376. The highest BCUT2D eigenvalue weighted by molar-refractivity contribution is 6.16. The molecule has 0 unspecified atom stereocenters. The number of benzene rings is 1. The van der Waals surface area contributed by atoms with Crippen LogP contribution in [0.1, 0.15) is 23.0 Å². The zero-order valence-electron chi connectivity index (χ0n) is 16.5. The van der Waals surface area contributed by atoms with Crippen LogP contribution in [-0.2, 0) is 9.47 Å². The van der Waals surface area contributed by atoms with Crippen LogP contribution < -0.4 is 0 Å². The second-order valence-electron chi connectivity index (χ2n) is 7.56. The Bertz CT molecular complexity index is 1080. The van der Waals surface area contributed by atoms with E-state index in [0.29, 0.717) is 5.52 Å². The Morgan fingerprint density at radius 2 is 1.97 bits per heavy atom. The highest BCUT2D eigenvalue weighted by Gasteiger charge is 2.44. The van der Waals surface area contributed by atoms with E-state index in [1.165, 1.54) is 6.92 Å². The van der Waals surface area contributed by atoms with Gasteiger partial charge in [0.15, 0.2) is 6.29 Å². The van der Waals surface area contributed by atoms with Gasteiger partial charge >= 0.3 is 0 Å². The zero-order chi connectivity index (χ0) is 21.6. The predicted octanol–water partition coefficient (Wildman–Crippen LogP) is 0.412. The van der Waals surface area contributed by atoms with Crippen LogP contribution in [0.25, 0.3) is 21.8 Å². The van der Waals surface area contributed by atoms with Crippen LogP contribution in [0.2, 0.25) is 0 Å². The second-order valence-corrected chi connectivity index (χ2v) is 7.56. The number of aliphatic hydroxyl groups is 4. The molecule has 1 saturated heterocycles. The topological polar surface area (TPSA) is 145 Å². The molecular formula is C21H24N2O7. The maximum absolute atomic E-state index is 13.2. The SMILES string of the molecule is Cc1cnc(C(=O)[C@@H](CO)O[C@@H]2O[C@@H](C)[C@H](O)[C@@H](O)[C@H]2O)c2[nH]c3ccccc3c12. The van der Waals surface area contributed by atoms with Gasteiger partial charge in [-0.1, -0.05) is 18.2 Å². The van der Waals surface area contributed by atoms with Gasteiger partial charge in [0.25, 0.3) is 0 Å². The van der Waals surface area contributed by atoms with E-state index in [0.717, 1.165) is 21.9 Å². The first-order valence-corrected chi connectivity index (χ1v) is 9.69. The minimum Gasteiger partial charge on any atom is -0.393 e. The average Bonchev–Trinajstić information content (AvgIpc) is 3.14. The predicted molar refractivity (Wildman–Crippen MR) is 107 cm³/mol. The van der Waals surface area contributed by atoms with Crippen LogP contribution in [0, 0.1) is 6.92 Å². The van der Waals surface area contributed by atoms with E-state index in [4.69, 9.17) is 9.47 Å². The summed E-state index contributed by atoms with van der Waals surface area (Å²) in [6, 6.07) is 7.61. The van der Waals surface area contributed by atoms with E-state index in [1.807, 2.05) is 31.2 Å². The Morgan fingerprint density at radius 3 is 2.70 bits per heavy atom. The second kappa shape index (κ2) is 8.03. The maximum Gasteiger partial charge on any atom is 0.214 e. The molecule has 1 fully saturated rings. The summed E-state index contributed by atoms with van der Waals surface area (Å²) in [7, 11) is 0. The molecule has 30 heavy (non-hydrogen) atoms. The van der Waals surface area contributed by atoms with Crippen LogP contribution in [0.15, 0.2) is 30.5 Å². The number of H-pyrrole nitrogens is 1. The fraction of sp³-hybridized carbons (Fsp3) is 0.429. The Morgan fingerprint density at radius 1 is 1.23 bits per heavy atom. The van der Waals surface area contributed by atoms with E-state index >= 15 is 0 Å².